The number of hydrogen-bond acceptors (Lipinski definition) is 7. The maximum Gasteiger partial charge on any atom is 0.433 e. The summed E-state index contributed by atoms with van der Waals surface area (Å²) in [5.41, 5.74) is 0.0203. The van der Waals surface area contributed by atoms with Gasteiger partial charge in [0.25, 0.3) is 5.56 Å². The molecule has 4 aromatic heterocycles. The molecular formula is C24H21F3N8O. The van der Waals surface area contributed by atoms with E-state index in [-0.39, 0.29) is 28.6 Å². The van der Waals surface area contributed by atoms with Gasteiger partial charge in [0.15, 0.2) is 11.3 Å². The van der Waals surface area contributed by atoms with E-state index in [0.717, 1.165) is 37.1 Å². The minimum absolute atomic E-state index is 0.0140. The maximum atomic E-state index is 13.0. The number of aromatic amines is 1. The van der Waals surface area contributed by atoms with E-state index in [1.54, 1.807) is 19.3 Å². The smallest absolute Gasteiger partial charge is 0.310 e. The number of nitrogens with one attached hydrogen (secondary N) is 1. The lowest BCUT2D eigenvalue weighted by Gasteiger charge is -2.34. The molecule has 0 amide bonds. The highest BCUT2D eigenvalue weighted by Crippen LogP contribution is 2.46. The fourth-order valence-corrected chi connectivity index (χ4v) is 4.42. The molecule has 4 aromatic rings. The molecule has 5 rings (SSSR count). The summed E-state index contributed by atoms with van der Waals surface area (Å²) in [4.78, 5) is 33.0. The Hall–Kier alpha value is -4.14. The Bertz CT molecular complexity index is 1520. The van der Waals surface area contributed by atoms with E-state index < -0.39 is 23.5 Å². The van der Waals surface area contributed by atoms with Gasteiger partial charge in [0, 0.05) is 30.4 Å². The lowest BCUT2D eigenvalue weighted by atomic mass is 9.72. The third-order valence-corrected chi connectivity index (χ3v) is 6.70. The summed E-state index contributed by atoms with van der Waals surface area (Å²) in [6.07, 6.45) is 2.59. The molecule has 1 fully saturated rings. The Morgan fingerprint density at radius 3 is 2.44 bits per heavy atom. The molecule has 0 spiro atoms. The second-order valence-electron chi connectivity index (χ2n) is 8.80. The lowest BCUT2D eigenvalue weighted by molar-refractivity contribution is -0.141. The van der Waals surface area contributed by atoms with Gasteiger partial charge in [-0.2, -0.15) is 23.5 Å². The third kappa shape index (κ3) is 4.00. The molecule has 1 aliphatic carbocycles. The van der Waals surface area contributed by atoms with E-state index in [4.69, 9.17) is 0 Å². The number of nitrogens with zero attached hydrogens (tertiary/aromatic N) is 7. The summed E-state index contributed by atoms with van der Waals surface area (Å²) in [7, 11) is 0. The number of aromatic nitrogens is 7. The largest absolute Gasteiger partial charge is 0.433 e. The molecule has 4 heterocycles. The summed E-state index contributed by atoms with van der Waals surface area (Å²) >= 11 is 0. The van der Waals surface area contributed by atoms with Crippen LogP contribution in [0.1, 0.15) is 78.7 Å². The number of alkyl halides is 3. The molecule has 0 bridgehead atoms. The monoisotopic (exact) mass is 494 g/mol. The van der Waals surface area contributed by atoms with Crippen molar-refractivity contribution in [2.24, 2.45) is 0 Å². The zero-order chi connectivity index (χ0) is 25.6. The first kappa shape index (κ1) is 23.6. The molecule has 0 saturated heterocycles. The SMILES string of the molecule is CCc1cnc(C2CCC2c2nc3c(c(C#N)nn3[C@@H](C)c3ccc(C(F)(F)F)nc3)c(=O)[nH]2)nc1. The highest BCUT2D eigenvalue weighted by atomic mass is 19.4. The van der Waals surface area contributed by atoms with Crippen LogP contribution < -0.4 is 5.56 Å². The Kier molecular flexibility index (Phi) is 5.78. The normalized spacial score (nSPS) is 18.6. The summed E-state index contributed by atoms with van der Waals surface area (Å²) in [6.45, 7) is 3.71. The molecule has 1 N–H and O–H groups in total. The first-order chi connectivity index (χ1) is 17.2. The predicted octanol–water partition coefficient (Wildman–Crippen LogP) is 4.03. The molecule has 36 heavy (non-hydrogen) atoms. The van der Waals surface area contributed by atoms with Crippen LogP contribution in [0, 0.1) is 11.3 Å². The lowest BCUT2D eigenvalue weighted by Crippen LogP contribution is -2.28. The molecule has 1 aliphatic rings. The first-order valence-electron chi connectivity index (χ1n) is 11.5. The number of nitriles is 1. The van der Waals surface area contributed by atoms with E-state index in [9.17, 15) is 23.2 Å². The summed E-state index contributed by atoms with van der Waals surface area (Å²) in [5.74, 6) is 0.989. The molecule has 0 radical (unpaired) electrons. The van der Waals surface area contributed by atoms with Crippen LogP contribution in [0.5, 0.6) is 0 Å². The van der Waals surface area contributed by atoms with Crippen molar-refractivity contribution in [3.8, 4) is 6.07 Å². The van der Waals surface area contributed by atoms with Gasteiger partial charge < -0.3 is 4.98 Å². The van der Waals surface area contributed by atoms with Crippen molar-refractivity contribution in [3.05, 3.63) is 75.2 Å². The fourth-order valence-electron chi connectivity index (χ4n) is 4.42. The van der Waals surface area contributed by atoms with Gasteiger partial charge in [-0.1, -0.05) is 13.0 Å². The molecule has 0 aromatic carbocycles. The van der Waals surface area contributed by atoms with Crippen LogP contribution in [0.2, 0.25) is 0 Å². The minimum Gasteiger partial charge on any atom is -0.310 e. The summed E-state index contributed by atoms with van der Waals surface area (Å²) in [5, 5.41) is 13.9. The van der Waals surface area contributed by atoms with Crippen LogP contribution in [0.15, 0.2) is 35.5 Å². The van der Waals surface area contributed by atoms with E-state index in [1.165, 1.54) is 10.7 Å². The number of H-pyrrole nitrogens is 1. The van der Waals surface area contributed by atoms with Gasteiger partial charge in [0.2, 0.25) is 0 Å². The first-order valence-corrected chi connectivity index (χ1v) is 11.5. The number of fused-ring (bicyclic) bond motifs is 1. The number of hydrogen-bond donors (Lipinski definition) is 1. The fraction of sp³-hybridized carbons (Fsp3) is 0.375. The van der Waals surface area contributed by atoms with Crippen molar-refractivity contribution in [1.82, 2.24) is 34.7 Å². The summed E-state index contributed by atoms with van der Waals surface area (Å²) < 4.78 is 40.2. The van der Waals surface area contributed by atoms with Gasteiger partial charge in [-0.05, 0) is 43.4 Å². The highest BCUT2D eigenvalue weighted by molar-refractivity contribution is 5.80. The van der Waals surface area contributed by atoms with Crippen LogP contribution in [-0.4, -0.2) is 34.7 Å². The Morgan fingerprint density at radius 1 is 1.17 bits per heavy atom. The Labute approximate surface area is 203 Å². The van der Waals surface area contributed by atoms with Crippen molar-refractivity contribution in [3.63, 3.8) is 0 Å². The number of halogens is 3. The quantitative estimate of drug-likeness (QED) is 0.444. The maximum absolute atomic E-state index is 13.0. The molecule has 1 saturated carbocycles. The summed E-state index contributed by atoms with van der Waals surface area (Å²) in [6, 6.07) is 3.47. The molecule has 0 aliphatic heterocycles. The Morgan fingerprint density at radius 2 is 1.89 bits per heavy atom. The van der Waals surface area contributed by atoms with Crippen LogP contribution in [0.25, 0.3) is 11.0 Å². The molecule has 12 heteroatoms. The van der Waals surface area contributed by atoms with Gasteiger partial charge in [-0.15, -0.1) is 0 Å². The second kappa shape index (κ2) is 8.82. The standard InChI is InChI=1S/C24H21F3N8O/c1-3-13-9-30-20(31-10-13)15-5-6-16(15)21-32-22-19(23(36)33-21)17(8-28)34-35(22)12(2)14-4-7-18(29-11-14)24(25,26)27/h4,7,9-12,15-16H,3,5-6H2,1-2H3,(H,32,33,36)/t12-,15?,16?/m0/s1. The zero-order valence-electron chi connectivity index (χ0n) is 19.4. The van der Waals surface area contributed by atoms with Crippen molar-refractivity contribution in [2.75, 3.05) is 0 Å². The third-order valence-electron chi connectivity index (χ3n) is 6.70. The molecule has 9 nitrogen and oxygen atoms in total. The Balaban J connectivity index is 1.54. The molecular weight excluding hydrogens is 473 g/mol. The average Bonchev–Trinajstić information content (AvgIpc) is 3.22. The predicted molar refractivity (Wildman–Crippen MR) is 122 cm³/mol. The van der Waals surface area contributed by atoms with E-state index in [0.29, 0.717) is 17.2 Å². The van der Waals surface area contributed by atoms with Crippen LogP contribution in [0.4, 0.5) is 13.2 Å². The van der Waals surface area contributed by atoms with Gasteiger partial charge in [0.1, 0.15) is 28.8 Å². The van der Waals surface area contributed by atoms with Gasteiger partial charge in [-0.25, -0.2) is 19.6 Å². The van der Waals surface area contributed by atoms with Gasteiger partial charge in [-0.3, -0.25) is 9.78 Å². The van der Waals surface area contributed by atoms with E-state index >= 15 is 0 Å². The number of aryl methyl sites for hydroxylation is 1. The molecule has 184 valence electrons. The average molecular weight is 494 g/mol. The van der Waals surface area contributed by atoms with Crippen molar-refractivity contribution in [2.45, 2.75) is 57.2 Å². The minimum atomic E-state index is -4.56. The molecule has 2 unspecified atom stereocenters. The second-order valence-corrected chi connectivity index (χ2v) is 8.80. The van der Waals surface area contributed by atoms with Crippen molar-refractivity contribution >= 4 is 11.0 Å². The molecule has 3 atom stereocenters. The van der Waals surface area contributed by atoms with Gasteiger partial charge >= 0.3 is 6.18 Å². The van der Waals surface area contributed by atoms with E-state index in [2.05, 4.69) is 30.0 Å². The highest BCUT2D eigenvalue weighted by Gasteiger charge is 2.38. The topological polar surface area (TPSA) is 126 Å². The van der Waals surface area contributed by atoms with Crippen LogP contribution in [-0.2, 0) is 12.6 Å². The van der Waals surface area contributed by atoms with Gasteiger partial charge in [0.05, 0.1) is 6.04 Å². The number of pyridine rings is 1. The van der Waals surface area contributed by atoms with E-state index in [1.807, 2.05) is 13.0 Å². The zero-order valence-corrected chi connectivity index (χ0v) is 19.4. The number of rotatable bonds is 5. The van der Waals surface area contributed by atoms with Crippen LogP contribution in [0.3, 0.4) is 0 Å². The van der Waals surface area contributed by atoms with Crippen molar-refractivity contribution < 1.29 is 13.2 Å². The van der Waals surface area contributed by atoms with Crippen molar-refractivity contribution in [1.29, 1.82) is 5.26 Å². The van der Waals surface area contributed by atoms with Crippen LogP contribution >= 0.6 is 0 Å².